The number of carbonyl (C=O) groups is 3. The molecule has 0 spiro atoms. The monoisotopic (exact) mass is 197 g/mol. The van der Waals surface area contributed by atoms with Gasteiger partial charge in [-0.05, 0) is 20.8 Å². The smallest absolute Gasteiger partial charge is 0.424 e. The van der Waals surface area contributed by atoms with Crippen molar-refractivity contribution in [3.05, 3.63) is 11.1 Å². The molecule has 1 rings (SSSR count). The quantitative estimate of drug-likeness (QED) is 0.584. The van der Waals surface area contributed by atoms with Crippen molar-refractivity contribution >= 4 is 17.9 Å². The topological polar surface area (TPSA) is 63.7 Å². The van der Waals surface area contributed by atoms with Crippen molar-refractivity contribution in [1.29, 1.82) is 0 Å². The molecule has 0 radical (unpaired) electrons. The van der Waals surface area contributed by atoms with Crippen LogP contribution in [-0.4, -0.2) is 29.4 Å². The van der Waals surface area contributed by atoms with Crippen molar-refractivity contribution in [2.24, 2.45) is 0 Å². The minimum atomic E-state index is -0.904. The maximum absolute atomic E-state index is 11.4. The number of hydrogen-bond donors (Lipinski definition) is 0. The zero-order valence-corrected chi connectivity index (χ0v) is 8.29. The molecule has 0 bridgehead atoms. The van der Waals surface area contributed by atoms with Gasteiger partial charge in [0.25, 0.3) is 11.8 Å². The summed E-state index contributed by atoms with van der Waals surface area (Å²) in [4.78, 5) is 34.5. The minimum Gasteiger partial charge on any atom is -0.449 e. The molecule has 3 amide bonds. The van der Waals surface area contributed by atoms with Crippen LogP contribution in [0.3, 0.4) is 0 Å². The van der Waals surface area contributed by atoms with E-state index in [0.717, 1.165) is 0 Å². The summed E-state index contributed by atoms with van der Waals surface area (Å²) in [5, 5.41) is 0. The van der Waals surface area contributed by atoms with Crippen LogP contribution in [-0.2, 0) is 14.3 Å². The summed E-state index contributed by atoms with van der Waals surface area (Å²) >= 11 is 0. The van der Waals surface area contributed by atoms with Crippen molar-refractivity contribution < 1.29 is 19.1 Å². The van der Waals surface area contributed by atoms with Crippen molar-refractivity contribution in [1.82, 2.24) is 4.90 Å². The van der Waals surface area contributed by atoms with E-state index in [4.69, 9.17) is 0 Å². The standard InChI is InChI=1S/C9H11NO4/c1-4-14-9(13)10-7(11)5(2)6(3)8(10)12/h4H2,1-3H3. The van der Waals surface area contributed by atoms with Crippen LogP contribution in [0, 0.1) is 0 Å². The average molecular weight is 197 g/mol. The molecule has 0 aromatic heterocycles. The highest BCUT2D eigenvalue weighted by atomic mass is 16.6. The number of hydrogen-bond acceptors (Lipinski definition) is 4. The lowest BCUT2D eigenvalue weighted by atomic mass is 10.2. The van der Waals surface area contributed by atoms with Gasteiger partial charge in [-0.2, -0.15) is 4.90 Å². The average Bonchev–Trinajstić information content (AvgIpc) is 2.32. The first-order valence-electron chi connectivity index (χ1n) is 4.23. The van der Waals surface area contributed by atoms with E-state index in [9.17, 15) is 14.4 Å². The zero-order valence-electron chi connectivity index (χ0n) is 8.29. The molecule has 0 fully saturated rings. The van der Waals surface area contributed by atoms with Crippen LogP contribution < -0.4 is 0 Å². The Balaban J connectivity index is 2.92. The predicted molar refractivity (Wildman–Crippen MR) is 47.2 cm³/mol. The van der Waals surface area contributed by atoms with E-state index in [2.05, 4.69) is 4.74 Å². The number of nitrogens with zero attached hydrogens (tertiary/aromatic N) is 1. The number of rotatable bonds is 1. The number of ether oxygens (including phenoxy) is 1. The van der Waals surface area contributed by atoms with Crippen LogP contribution in [0.2, 0.25) is 0 Å². The lowest BCUT2D eigenvalue weighted by molar-refractivity contribution is -0.135. The highest BCUT2D eigenvalue weighted by Crippen LogP contribution is 2.20. The molecule has 0 aromatic carbocycles. The SMILES string of the molecule is CCOC(=O)N1C(=O)C(C)=C(C)C1=O. The van der Waals surface area contributed by atoms with Gasteiger partial charge in [-0.15, -0.1) is 0 Å². The van der Waals surface area contributed by atoms with Crippen LogP contribution >= 0.6 is 0 Å². The van der Waals surface area contributed by atoms with Gasteiger partial charge in [0.05, 0.1) is 6.61 Å². The van der Waals surface area contributed by atoms with Crippen LogP contribution in [0.5, 0.6) is 0 Å². The second kappa shape index (κ2) is 3.61. The molecule has 0 N–H and O–H groups in total. The molecule has 0 atom stereocenters. The Morgan fingerprint density at radius 3 is 2.00 bits per heavy atom. The molecule has 0 aromatic rings. The highest BCUT2D eigenvalue weighted by Gasteiger charge is 2.38. The zero-order chi connectivity index (χ0) is 10.9. The fourth-order valence-corrected chi connectivity index (χ4v) is 1.10. The molecule has 1 aliphatic heterocycles. The Labute approximate surface area is 81.3 Å². The number of imide groups is 3. The van der Waals surface area contributed by atoms with Crippen molar-refractivity contribution in [2.45, 2.75) is 20.8 Å². The van der Waals surface area contributed by atoms with Gasteiger partial charge >= 0.3 is 6.09 Å². The summed E-state index contributed by atoms with van der Waals surface area (Å²) in [5.74, 6) is -1.18. The first kappa shape index (κ1) is 10.4. The van der Waals surface area contributed by atoms with E-state index >= 15 is 0 Å². The van der Waals surface area contributed by atoms with E-state index in [1.807, 2.05) is 0 Å². The van der Waals surface area contributed by atoms with Crippen molar-refractivity contribution in [3.63, 3.8) is 0 Å². The van der Waals surface area contributed by atoms with Crippen molar-refractivity contribution in [3.8, 4) is 0 Å². The molecule has 1 aliphatic rings. The first-order valence-corrected chi connectivity index (χ1v) is 4.23. The van der Waals surface area contributed by atoms with Gasteiger partial charge in [0.2, 0.25) is 0 Å². The highest BCUT2D eigenvalue weighted by molar-refractivity contribution is 6.25. The van der Waals surface area contributed by atoms with Gasteiger partial charge in [0.1, 0.15) is 0 Å². The minimum absolute atomic E-state index is 0.133. The van der Waals surface area contributed by atoms with Crippen LogP contribution in [0.25, 0.3) is 0 Å². The maximum atomic E-state index is 11.4. The number of amides is 3. The summed E-state index contributed by atoms with van der Waals surface area (Å²) in [7, 11) is 0. The lowest BCUT2D eigenvalue weighted by Crippen LogP contribution is -2.37. The third-order valence-corrected chi connectivity index (χ3v) is 2.06. The Hall–Kier alpha value is -1.65. The summed E-state index contributed by atoms with van der Waals surface area (Å²) in [6.07, 6.45) is -0.904. The van der Waals surface area contributed by atoms with E-state index in [-0.39, 0.29) is 6.61 Å². The molecule has 0 saturated carbocycles. The van der Waals surface area contributed by atoms with Gasteiger partial charge in [0, 0.05) is 11.1 Å². The van der Waals surface area contributed by atoms with Gasteiger partial charge in [-0.3, -0.25) is 9.59 Å². The molecule has 1 heterocycles. The van der Waals surface area contributed by atoms with E-state index in [1.54, 1.807) is 6.92 Å². The Morgan fingerprint density at radius 1 is 1.21 bits per heavy atom. The maximum Gasteiger partial charge on any atom is 0.424 e. The Bertz CT molecular complexity index is 319. The fourth-order valence-electron chi connectivity index (χ4n) is 1.10. The first-order chi connectivity index (χ1) is 6.50. The Morgan fingerprint density at radius 2 is 1.64 bits per heavy atom. The third-order valence-electron chi connectivity index (χ3n) is 2.06. The lowest BCUT2D eigenvalue weighted by Gasteiger charge is -2.11. The second-order valence-electron chi connectivity index (χ2n) is 2.89. The molecular weight excluding hydrogens is 186 g/mol. The van der Waals surface area contributed by atoms with Gasteiger partial charge < -0.3 is 4.74 Å². The molecule has 5 heteroatoms. The summed E-state index contributed by atoms with van der Waals surface area (Å²) < 4.78 is 4.58. The van der Waals surface area contributed by atoms with Crippen LogP contribution in [0.15, 0.2) is 11.1 Å². The molecular formula is C9H11NO4. The van der Waals surface area contributed by atoms with Crippen molar-refractivity contribution in [2.75, 3.05) is 6.61 Å². The van der Waals surface area contributed by atoms with Crippen LogP contribution in [0.1, 0.15) is 20.8 Å². The number of carbonyl (C=O) groups excluding carboxylic acids is 3. The van der Waals surface area contributed by atoms with Gasteiger partial charge in [0.15, 0.2) is 0 Å². The van der Waals surface area contributed by atoms with Gasteiger partial charge in [-0.25, -0.2) is 4.79 Å². The molecule has 14 heavy (non-hydrogen) atoms. The van der Waals surface area contributed by atoms with Crippen LogP contribution in [0.4, 0.5) is 4.79 Å². The summed E-state index contributed by atoms with van der Waals surface area (Å²) in [6, 6.07) is 0. The molecule has 5 nitrogen and oxygen atoms in total. The molecule has 76 valence electrons. The normalized spacial score (nSPS) is 16.6. The largest absolute Gasteiger partial charge is 0.449 e. The molecule has 0 saturated heterocycles. The van der Waals surface area contributed by atoms with Gasteiger partial charge in [-0.1, -0.05) is 0 Å². The van der Waals surface area contributed by atoms with E-state index in [1.165, 1.54) is 13.8 Å². The summed E-state index contributed by atoms with van der Waals surface area (Å²) in [5.41, 5.74) is 0.589. The third kappa shape index (κ3) is 1.41. The van der Waals surface area contributed by atoms with E-state index < -0.39 is 17.9 Å². The second-order valence-corrected chi connectivity index (χ2v) is 2.89. The Kier molecular flexibility index (Phi) is 2.69. The molecule has 0 unspecified atom stereocenters. The van der Waals surface area contributed by atoms with E-state index in [0.29, 0.717) is 16.0 Å². The predicted octanol–water partition coefficient (Wildman–Crippen LogP) is 0.848. The fraction of sp³-hybridized carbons (Fsp3) is 0.444. The molecule has 0 aliphatic carbocycles. The summed E-state index contributed by atoms with van der Waals surface area (Å²) in [6.45, 7) is 4.76.